The van der Waals surface area contributed by atoms with Crippen LogP contribution in [0.1, 0.15) is 13.8 Å². The Morgan fingerprint density at radius 1 is 1.53 bits per heavy atom. The van der Waals surface area contributed by atoms with Gasteiger partial charge in [0.25, 0.3) is 0 Å². The molecule has 19 heavy (non-hydrogen) atoms. The van der Waals surface area contributed by atoms with E-state index in [0.717, 1.165) is 16.1 Å². The van der Waals surface area contributed by atoms with Gasteiger partial charge in [-0.05, 0) is 31.4 Å². The minimum Gasteiger partial charge on any atom is -0.382 e. The molecule has 0 amide bonds. The molecule has 102 valence electrons. The van der Waals surface area contributed by atoms with Crippen LogP contribution >= 0.6 is 11.5 Å². The molecule has 2 heterocycles. The van der Waals surface area contributed by atoms with E-state index in [2.05, 4.69) is 21.6 Å². The van der Waals surface area contributed by atoms with Crippen molar-refractivity contribution in [3.05, 3.63) is 24.5 Å². The number of hydrogen-bond acceptors (Lipinski definition) is 6. The summed E-state index contributed by atoms with van der Waals surface area (Å²) < 4.78 is 9.61. The van der Waals surface area contributed by atoms with Gasteiger partial charge in [-0.3, -0.25) is 4.98 Å². The van der Waals surface area contributed by atoms with Gasteiger partial charge >= 0.3 is 0 Å². The summed E-state index contributed by atoms with van der Waals surface area (Å²) in [7, 11) is 0. The zero-order valence-corrected chi connectivity index (χ0v) is 11.9. The van der Waals surface area contributed by atoms with Crippen molar-refractivity contribution >= 4 is 22.4 Å². The van der Waals surface area contributed by atoms with E-state index in [9.17, 15) is 0 Å². The summed E-state index contributed by atoms with van der Waals surface area (Å²) in [6, 6.07) is 4.07. The number of rotatable bonds is 6. The molecule has 0 bridgehead atoms. The van der Waals surface area contributed by atoms with E-state index in [1.807, 2.05) is 19.1 Å². The van der Waals surface area contributed by atoms with Gasteiger partial charge in [0.05, 0.1) is 12.2 Å². The summed E-state index contributed by atoms with van der Waals surface area (Å²) in [4.78, 5) is 4.12. The Labute approximate surface area is 117 Å². The third-order valence-corrected chi connectivity index (χ3v) is 3.41. The van der Waals surface area contributed by atoms with Crippen LogP contribution in [0.3, 0.4) is 0 Å². The predicted octanol–water partition coefficient (Wildman–Crippen LogP) is 2.62. The summed E-state index contributed by atoms with van der Waals surface area (Å²) in [5, 5.41) is 4.34. The maximum absolute atomic E-state index is 5.95. The second kappa shape index (κ2) is 6.49. The summed E-state index contributed by atoms with van der Waals surface area (Å²) in [6.07, 6.45) is 3.53. The molecule has 0 aliphatic heterocycles. The van der Waals surface area contributed by atoms with Crippen molar-refractivity contribution in [1.29, 1.82) is 0 Å². The van der Waals surface area contributed by atoms with Gasteiger partial charge in [-0.2, -0.15) is 4.37 Å². The van der Waals surface area contributed by atoms with Crippen LogP contribution in [0.15, 0.2) is 24.5 Å². The van der Waals surface area contributed by atoms with Crippen molar-refractivity contribution in [3.63, 3.8) is 0 Å². The van der Waals surface area contributed by atoms with Crippen LogP contribution in [0.4, 0.5) is 10.8 Å². The Hall–Kier alpha value is -1.66. The van der Waals surface area contributed by atoms with Crippen molar-refractivity contribution in [2.45, 2.75) is 19.9 Å². The number of hydrogen-bond donors (Lipinski definition) is 2. The molecule has 0 aliphatic rings. The van der Waals surface area contributed by atoms with Crippen LogP contribution in [0.5, 0.6) is 0 Å². The van der Waals surface area contributed by atoms with Gasteiger partial charge in [0, 0.05) is 30.6 Å². The maximum Gasteiger partial charge on any atom is 0.147 e. The molecule has 1 unspecified atom stereocenters. The minimum absolute atomic E-state index is 0.204. The summed E-state index contributed by atoms with van der Waals surface area (Å²) >= 11 is 1.36. The smallest absolute Gasteiger partial charge is 0.147 e. The van der Waals surface area contributed by atoms with Gasteiger partial charge < -0.3 is 15.8 Å². The predicted molar refractivity (Wildman–Crippen MR) is 79.3 cm³/mol. The van der Waals surface area contributed by atoms with Crippen molar-refractivity contribution in [3.8, 4) is 11.1 Å². The molecule has 2 aromatic rings. The van der Waals surface area contributed by atoms with Gasteiger partial charge in [0.15, 0.2) is 0 Å². The van der Waals surface area contributed by atoms with Gasteiger partial charge in [0.2, 0.25) is 0 Å². The Kier molecular flexibility index (Phi) is 4.70. The first kappa shape index (κ1) is 13.8. The van der Waals surface area contributed by atoms with E-state index in [1.54, 1.807) is 12.4 Å². The van der Waals surface area contributed by atoms with Crippen molar-refractivity contribution in [1.82, 2.24) is 9.36 Å². The number of nitrogens with zero attached hydrogens (tertiary/aromatic N) is 2. The Morgan fingerprint density at radius 2 is 2.37 bits per heavy atom. The van der Waals surface area contributed by atoms with E-state index >= 15 is 0 Å². The maximum atomic E-state index is 5.95. The molecule has 0 fully saturated rings. The lowest BCUT2D eigenvalue weighted by atomic mass is 10.1. The fourth-order valence-electron chi connectivity index (χ4n) is 1.75. The van der Waals surface area contributed by atoms with Crippen LogP contribution in [0.25, 0.3) is 11.1 Å². The Balaban J connectivity index is 2.19. The highest BCUT2D eigenvalue weighted by Crippen LogP contribution is 2.36. The summed E-state index contributed by atoms with van der Waals surface area (Å²) in [6.45, 7) is 5.42. The normalized spacial score (nSPS) is 12.3. The van der Waals surface area contributed by atoms with Gasteiger partial charge in [-0.1, -0.05) is 6.07 Å². The molecule has 0 spiro atoms. The second-order valence-electron chi connectivity index (χ2n) is 4.22. The molecular formula is C13H18N4OS. The monoisotopic (exact) mass is 278 g/mol. The number of pyridine rings is 1. The molecule has 6 heteroatoms. The van der Waals surface area contributed by atoms with E-state index in [4.69, 9.17) is 10.5 Å². The van der Waals surface area contributed by atoms with E-state index < -0.39 is 0 Å². The molecule has 2 rings (SSSR count). The van der Waals surface area contributed by atoms with Crippen molar-refractivity contribution in [2.24, 2.45) is 0 Å². The number of ether oxygens (including phenoxy) is 1. The number of nitrogens with two attached hydrogens (primary N) is 1. The third-order valence-electron chi connectivity index (χ3n) is 2.62. The van der Waals surface area contributed by atoms with Crippen LogP contribution in [0.2, 0.25) is 0 Å². The van der Waals surface area contributed by atoms with Crippen LogP contribution in [0, 0.1) is 0 Å². The van der Waals surface area contributed by atoms with E-state index in [-0.39, 0.29) is 6.04 Å². The summed E-state index contributed by atoms with van der Waals surface area (Å²) in [5.74, 6) is 0.532. The second-order valence-corrected chi connectivity index (χ2v) is 4.99. The molecular weight excluding hydrogens is 260 g/mol. The standard InChI is InChI=1S/C13H18N4OS/c1-3-18-8-9(2)16-13-11(12(14)17-19-13)10-5-4-6-15-7-10/h4-7,9,16H,3,8H2,1-2H3,(H2,14,17). The lowest BCUT2D eigenvalue weighted by molar-refractivity contribution is 0.141. The molecule has 5 nitrogen and oxygen atoms in total. The molecule has 2 aromatic heterocycles. The molecule has 0 aromatic carbocycles. The molecule has 0 saturated carbocycles. The first-order valence-electron chi connectivity index (χ1n) is 6.22. The third kappa shape index (κ3) is 3.42. The van der Waals surface area contributed by atoms with E-state index in [0.29, 0.717) is 19.0 Å². The Bertz CT molecular complexity index is 515. The van der Waals surface area contributed by atoms with Gasteiger partial charge in [-0.25, -0.2) is 0 Å². The quantitative estimate of drug-likeness (QED) is 0.849. The topological polar surface area (TPSA) is 73.1 Å². The molecule has 0 saturated heterocycles. The highest BCUT2D eigenvalue weighted by molar-refractivity contribution is 7.11. The average molecular weight is 278 g/mol. The van der Waals surface area contributed by atoms with Crippen LogP contribution in [-0.4, -0.2) is 28.6 Å². The number of nitrogen functional groups attached to an aromatic ring is 1. The zero-order valence-electron chi connectivity index (χ0n) is 11.1. The SMILES string of the molecule is CCOCC(C)Nc1snc(N)c1-c1cccnc1. The minimum atomic E-state index is 0.204. The van der Waals surface area contributed by atoms with Gasteiger partial charge in [0.1, 0.15) is 10.8 Å². The Morgan fingerprint density at radius 3 is 3.05 bits per heavy atom. The van der Waals surface area contributed by atoms with E-state index in [1.165, 1.54) is 11.5 Å². The van der Waals surface area contributed by atoms with Crippen LogP contribution < -0.4 is 11.1 Å². The highest BCUT2D eigenvalue weighted by atomic mass is 32.1. The van der Waals surface area contributed by atoms with Crippen molar-refractivity contribution in [2.75, 3.05) is 24.3 Å². The molecule has 3 N–H and O–H groups in total. The largest absolute Gasteiger partial charge is 0.382 e. The van der Waals surface area contributed by atoms with Gasteiger partial charge in [-0.15, -0.1) is 0 Å². The number of nitrogens with one attached hydrogen (secondary N) is 1. The highest BCUT2D eigenvalue weighted by Gasteiger charge is 2.15. The molecule has 0 radical (unpaired) electrons. The first-order valence-corrected chi connectivity index (χ1v) is 6.99. The molecule has 1 atom stereocenters. The number of anilines is 2. The zero-order chi connectivity index (χ0) is 13.7. The lowest BCUT2D eigenvalue weighted by Crippen LogP contribution is -2.21. The molecule has 0 aliphatic carbocycles. The summed E-state index contributed by atoms with van der Waals surface area (Å²) in [5.41, 5.74) is 7.84. The fraction of sp³-hybridized carbons (Fsp3) is 0.385. The first-order chi connectivity index (χ1) is 9.22. The number of aromatic nitrogens is 2. The lowest BCUT2D eigenvalue weighted by Gasteiger charge is -2.14. The average Bonchev–Trinajstić information content (AvgIpc) is 2.78. The van der Waals surface area contributed by atoms with Crippen molar-refractivity contribution < 1.29 is 4.74 Å². The fourth-order valence-corrected chi connectivity index (χ4v) is 2.60. The van der Waals surface area contributed by atoms with Crippen LogP contribution in [-0.2, 0) is 4.74 Å².